The number of para-hydroxylation sites is 1. The molecule has 0 radical (unpaired) electrons. The van der Waals surface area contributed by atoms with Crippen molar-refractivity contribution < 1.29 is 0 Å². The molecule has 6 aromatic rings. The van der Waals surface area contributed by atoms with Crippen LogP contribution in [0.1, 0.15) is 43.0 Å². The number of aromatic amines is 2. The number of aromatic nitrogens is 6. The van der Waals surface area contributed by atoms with E-state index in [1.54, 1.807) is 0 Å². The zero-order valence-corrected chi connectivity index (χ0v) is 22.8. The highest BCUT2D eigenvalue weighted by molar-refractivity contribution is 7.15. The van der Waals surface area contributed by atoms with Gasteiger partial charge in [0.25, 0.3) is 0 Å². The Bertz CT molecular complexity index is 1760. The van der Waals surface area contributed by atoms with Crippen molar-refractivity contribution in [3.63, 3.8) is 0 Å². The van der Waals surface area contributed by atoms with Crippen LogP contribution in [0.2, 0.25) is 0 Å². The van der Waals surface area contributed by atoms with Gasteiger partial charge >= 0.3 is 0 Å². The van der Waals surface area contributed by atoms with E-state index in [2.05, 4.69) is 79.9 Å². The second-order valence-electron chi connectivity index (χ2n) is 10.5. The minimum atomic E-state index is 0.734. The number of nitrogens with one attached hydrogen (secondary N) is 3. The summed E-state index contributed by atoms with van der Waals surface area (Å²) >= 11 is 1.83. The van der Waals surface area contributed by atoms with Crippen molar-refractivity contribution in [2.75, 3.05) is 6.54 Å². The van der Waals surface area contributed by atoms with Crippen LogP contribution in [0.3, 0.4) is 0 Å². The largest absolute Gasteiger partial charge is 0.337 e. The molecule has 8 heteroatoms. The molecule has 5 aromatic heterocycles. The van der Waals surface area contributed by atoms with Crippen LogP contribution in [0.4, 0.5) is 0 Å². The highest BCUT2D eigenvalue weighted by Crippen LogP contribution is 2.35. The van der Waals surface area contributed by atoms with Gasteiger partial charge in [0.1, 0.15) is 5.69 Å². The molecule has 39 heavy (non-hydrogen) atoms. The predicted octanol–water partition coefficient (Wildman–Crippen LogP) is 7.13. The molecule has 1 fully saturated rings. The molecule has 1 aliphatic rings. The maximum atomic E-state index is 5.02. The normalized spacial score (nSPS) is 14.2. The number of H-pyrrole nitrogens is 2. The summed E-state index contributed by atoms with van der Waals surface area (Å²) in [6, 6.07) is 15.0. The van der Waals surface area contributed by atoms with Crippen molar-refractivity contribution in [1.82, 2.24) is 35.5 Å². The fraction of sp³-hybridized carbons (Fsp3) is 0.290. The quantitative estimate of drug-likeness (QED) is 0.193. The maximum absolute atomic E-state index is 5.02. The first-order chi connectivity index (χ1) is 19.2. The summed E-state index contributed by atoms with van der Waals surface area (Å²) in [6.07, 6.45) is 12.2. The summed E-state index contributed by atoms with van der Waals surface area (Å²) in [5.74, 6) is 1.55. The Labute approximate surface area is 231 Å². The second kappa shape index (κ2) is 10.4. The lowest BCUT2D eigenvalue weighted by Crippen LogP contribution is -2.20. The zero-order chi connectivity index (χ0) is 26.2. The Morgan fingerprint density at radius 3 is 2.79 bits per heavy atom. The van der Waals surface area contributed by atoms with Crippen molar-refractivity contribution in [3.05, 3.63) is 71.5 Å². The molecule has 0 unspecified atom stereocenters. The van der Waals surface area contributed by atoms with E-state index in [1.807, 2.05) is 29.9 Å². The topological polar surface area (TPSA) is 95.2 Å². The number of nitrogens with zero attached hydrogens (tertiary/aromatic N) is 4. The molecule has 5 heterocycles. The number of aryl methyl sites for hydroxylation is 1. The Morgan fingerprint density at radius 1 is 1.03 bits per heavy atom. The molecule has 0 spiro atoms. The molecule has 196 valence electrons. The van der Waals surface area contributed by atoms with Gasteiger partial charge in [-0.1, -0.05) is 31.9 Å². The van der Waals surface area contributed by atoms with Crippen LogP contribution in [-0.2, 0) is 13.0 Å². The molecule has 7 nitrogen and oxygen atoms in total. The molecule has 1 aliphatic carbocycles. The molecule has 1 aromatic carbocycles. The summed E-state index contributed by atoms with van der Waals surface area (Å²) in [5.41, 5.74) is 7.85. The van der Waals surface area contributed by atoms with Gasteiger partial charge in [0, 0.05) is 51.6 Å². The van der Waals surface area contributed by atoms with E-state index in [-0.39, 0.29) is 0 Å². The molecule has 0 aliphatic heterocycles. The summed E-state index contributed by atoms with van der Waals surface area (Å²) in [5, 5.41) is 12.3. The average Bonchev–Trinajstić information content (AvgIpc) is 3.78. The van der Waals surface area contributed by atoms with Crippen molar-refractivity contribution in [3.8, 4) is 33.1 Å². The van der Waals surface area contributed by atoms with Crippen LogP contribution in [0, 0.1) is 5.92 Å². The Balaban J connectivity index is 1.19. The molecule has 0 atom stereocenters. The summed E-state index contributed by atoms with van der Waals surface area (Å²) in [4.78, 5) is 20.3. The number of rotatable bonds is 8. The summed E-state index contributed by atoms with van der Waals surface area (Å²) in [7, 11) is 0. The number of imidazole rings is 1. The first kappa shape index (κ1) is 24.2. The second-order valence-corrected chi connectivity index (χ2v) is 11.6. The monoisotopic (exact) mass is 533 g/mol. The summed E-state index contributed by atoms with van der Waals surface area (Å²) < 4.78 is 0. The molecule has 1 saturated carbocycles. The third kappa shape index (κ3) is 4.75. The van der Waals surface area contributed by atoms with Gasteiger partial charge in [-0.3, -0.25) is 10.1 Å². The fourth-order valence-corrected chi connectivity index (χ4v) is 6.65. The van der Waals surface area contributed by atoms with Crippen molar-refractivity contribution in [1.29, 1.82) is 0 Å². The lowest BCUT2D eigenvalue weighted by atomic mass is 10.1. The van der Waals surface area contributed by atoms with Crippen LogP contribution in [0.25, 0.3) is 55.2 Å². The predicted molar refractivity (Wildman–Crippen MR) is 159 cm³/mol. The molecule has 0 bridgehead atoms. The van der Waals surface area contributed by atoms with Gasteiger partial charge in [-0.25, -0.2) is 9.97 Å². The lowest BCUT2D eigenvalue weighted by Gasteiger charge is -2.11. The van der Waals surface area contributed by atoms with Gasteiger partial charge in [0.2, 0.25) is 0 Å². The van der Waals surface area contributed by atoms with Gasteiger partial charge in [0.05, 0.1) is 16.4 Å². The molecule has 0 saturated heterocycles. The number of hydrogen-bond acceptors (Lipinski definition) is 6. The van der Waals surface area contributed by atoms with Crippen molar-refractivity contribution >= 4 is 33.4 Å². The Hall–Kier alpha value is -3.88. The van der Waals surface area contributed by atoms with E-state index < -0.39 is 0 Å². The Morgan fingerprint density at radius 2 is 1.92 bits per heavy atom. The first-order valence-corrected chi connectivity index (χ1v) is 14.6. The molecule has 3 N–H and O–H groups in total. The van der Waals surface area contributed by atoms with Crippen molar-refractivity contribution in [2.45, 2.75) is 45.6 Å². The van der Waals surface area contributed by atoms with Crippen molar-refractivity contribution in [2.24, 2.45) is 5.92 Å². The number of pyridine rings is 2. The smallest absolute Gasteiger partial charge is 0.159 e. The molecule has 0 amide bonds. The van der Waals surface area contributed by atoms with E-state index in [9.17, 15) is 0 Å². The average molecular weight is 534 g/mol. The van der Waals surface area contributed by atoms with Gasteiger partial charge in [-0.2, -0.15) is 5.10 Å². The lowest BCUT2D eigenvalue weighted by molar-refractivity contribution is 0.489. The number of thiophene rings is 1. The highest BCUT2D eigenvalue weighted by Gasteiger charge is 2.17. The summed E-state index contributed by atoms with van der Waals surface area (Å²) in [6.45, 7) is 4.10. The highest BCUT2D eigenvalue weighted by atomic mass is 32.1. The van der Waals surface area contributed by atoms with Gasteiger partial charge in [0.15, 0.2) is 11.5 Å². The van der Waals surface area contributed by atoms with Crippen LogP contribution in [-0.4, -0.2) is 36.7 Å². The van der Waals surface area contributed by atoms with E-state index in [1.165, 1.54) is 41.0 Å². The fourth-order valence-electron chi connectivity index (χ4n) is 5.67. The Kier molecular flexibility index (Phi) is 6.42. The molecular weight excluding hydrogens is 502 g/mol. The number of hydrogen-bond donors (Lipinski definition) is 3. The maximum Gasteiger partial charge on any atom is 0.159 e. The van der Waals surface area contributed by atoms with E-state index >= 15 is 0 Å². The number of benzene rings is 1. The first-order valence-electron chi connectivity index (χ1n) is 13.8. The van der Waals surface area contributed by atoms with Gasteiger partial charge in [-0.15, -0.1) is 11.3 Å². The zero-order valence-electron chi connectivity index (χ0n) is 22.0. The molecular formula is C31H31N7S. The van der Waals surface area contributed by atoms with Crippen LogP contribution in [0.5, 0.6) is 0 Å². The van der Waals surface area contributed by atoms with E-state index in [0.717, 1.165) is 75.7 Å². The third-order valence-corrected chi connectivity index (χ3v) is 9.06. The van der Waals surface area contributed by atoms with Crippen LogP contribution in [0.15, 0.2) is 61.1 Å². The number of fused-ring (bicyclic) bond motifs is 2. The van der Waals surface area contributed by atoms with E-state index in [0.29, 0.717) is 0 Å². The van der Waals surface area contributed by atoms with Gasteiger partial charge < -0.3 is 10.3 Å². The molecule has 7 rings (SSSR count). The SMILES string of the molecule is CCc1ccc(-c2cccc3[nH]c(-c4n[nH]c5ncc(-c6cncc(CNCC7CCCC7)c6)cc45)nc23)s1. The van der Waals surface area contributed by atoms with Gasteiger partial charge in [-0.05, 0) is 67.6 Å². The van der Waals surface area contributed by atoms with Crippen LogP contribution >= 0.6 is 11.3 Å². The third-order valence-electron chi connectivity index (χ3n) is 7.79. The van der Waals surface area contributed by atoms with Crippen LogP contribution < -0.4 is 5.32 Å². The minimum absolute atomic E-state index is 0.734. The van der Waals surface area contributed by atoms with E-state index in [4.69, 9.17) is 4.98 Å². The minimum Gasteiger partial charge on any atom is -0.337 e. The standard InChI is InChI=1S/C31H31N7S/c1-2-23-10-11-27(39-23)24-8-5-9-26-28(24)36-31(35-26)29-25-13-22(18-34-30(25)38-37-29)21-12-20(16-33-17-21)15-32-14-19-6-3-4-7-19/h5,8-13,16-19,32H,2-4,6-7,14-15H2,1H3,(H,35,36)(H,34,37,38).